The van der Waals surface area contributed by atoms with Gasteiger partial charge >= 0.3 is 5.97 Å². The predicted molar refractivity (Wildman–Crippen MR) is 195 cm³/mol. The third kappa shape index (κ3) is 9.71. The zero-order valence-electron chi connectivity index (χ0n) is 28.4. The van der Waals surface area contributed by atoms with Gasteiger partial charge in [-0.1, -0.05) is 23.7 Å². The maximum atomic E-state index is 12.2. The van der Waals surface area contributed by atoms with Gasteiger partial charge < -0.3 is 29.9 Å². The SMILES string of the molecule is COc1cc(N2CCC(CN3CCN(CC(=O)OC(C)(C)C)CC3)CC2)ccc1Nc1ncc(Cl)c(Nc2ccccc2N(C)[SH]=O)n1. The van der Waals surface area contributed by atoms with Crippen LogP contribution in [0, 0.1) is 5.92 Å². The van der Waals surface area contributed by atoms with Crippen molar-refractivity contribution in [3.63, 3.8) is 0 Å². The minimum atomic E-state index is -0.445. The van der Waals surface area contributed by atoms with Crippen LogP contribution in [0.4, 0.5) is 34.5 Å². The predicted octanol–water partition coefficient (Wildman–Crippen LogP) is 5.10. The second-order valence-corrected chi connectivity index (χ2v) is 14.4. The van der Waals surface area contributed by atoms with Gasteiger partial charge in [0.2, 0.25) is 5.95 Å². The number of hydrogen-bond donors (Lipinski definition) is 3. The lowest BCUT2D eigenvalue weighted by molar-refractivity contribution is -0.156. The van der Waals surface area contributed by atoms with E-state index in [1.165, 1.54) is 6.20 Å². The quantitative estimate of drug-likeness (QED) is 0.173. The fourth-order valence-corrected chi connectivity index (χ4v) is 6.47. The third-order valence-corrected chi connectivity index (χ3v) is 9.27. The molecule has 2 aliphatic heterocycles. The van der Waals surface area contributed by atoms with Crippen LogP contribution in [0.1, 0.15) is 33.6 Å². The van der Waals surface area contributed by atoms with E-state index >= 15 is 0 Å². The monoisotopic (exact) mass is 698 g/mol. The van der Waals surface area contributed by atoms with E-state index in [2.05, 4.69) is 47.4 Å². The maximum absolute atomic E-state index is 12.2. The van der Waals surface area contributed by atoms with Gasteiger partial charge in [0, 0.05) is 64.6 Å². The number of methoxy groups -OCH3 is 1. The summed E-state index contributed by atoms with van der Waals surface area (Å²) in [6, 6.07) is 13.6. The standard InChI is InChI=1S/C34H47ClN8O4S/c1-34(2,3)47-31(44)23-42-18-16-41(17-19-42)22-24-12-14-43(15-13-24)25-10-11-28(30(20-25)46-5)38-33-36-21-26(35)32(39-33)37-27-8-6-7-9-29(27)40(4)48-45/h6-11,20-21,24,48H,12-19,22-23H2,1-5H3,(H2,36,37,38,39). The van der Waals surface area contributed by atoms with Crippen LogP contribution in [0.2, 0.25) is 5.02 Å². The van der Waals surface area contributed by atoms with Crippen molar-refractivity contribution in [1.29, 1.82) is 0 Å². The number of hydrogen-bond acceptors (Lipinski definition) is 11. The number of halogens is 1. The number of benzene rings is 2. The molecule has 0 saturated carbocycles. The number of carbonyl (C=O) groups is 1. The molecule has 260 valence electrons. The van der Waals surface area contributed by atoms with Crippen LogP contribution in [0.5, 0.6) is 5.75 Å². The highest BCUT2D eigenvalue weighted by Gasteiger charge is 2.26. The van der Waals surface area contributed by atoms with Crippen LogP contribution in [-0.4, -0.2) is 102 Å². The zero-order valence-corrected chi connectivity index (χ0v) is 30.1. The Morgan fingerprint density at radius 2 is 1.73 bits per heavy atom. The lowest BCUT2D eigenvalue weighted by Crippen LogP contribution is -2.50. The average molecular weight is 699 g/mol. The molecule has 14 heteroatoms. The molecule has 3 heterocycles. The largest absolute Gasteiger partial charge is 0.494 e. The normalized spacial score (nSPS) is 16.4. The van der Waals surface area contributed by atoms with Crippen LogP contribution in [0.3, 0.4) is 0 Å². The number of rotatable bonds is 12. The number of carbonyl (C=O) groups excluding carboxylic acids is 1. The molecule has 2 aliphatic rings. The first-order valence-corrected chi connectivity index (χ1v) is 17.5. The molecule has 0 radical (unpaired) electrons. The molecule has 2 fully saturated rings. The van der Waals surface area contributed by atoms with Crippen LogP contribution in [-0.2, 0) is 21.4 Å². The molecule has 0 aliphatic carbocycles. The molecule has 12 nitrogen and oxygen atoms in total. The van der Waals surface area contributed by atoms with E-state index in [9.17, 15) is 9.00 Å². The molecular formula is C34H47ClN8O4S. The highest BCUT2D eigenvalue weighted by atomic mass is 35.5. The molecule has 5 rings (SSSR count). The minimum Gasteiger partial charge on any atom is -0.494 e. The first-order valence-electron chi connectivity index (χ1n) is 16.3. The second kappa shape index (κ2) is 16.2. The number of ether oxygens (including phenoxy) is 2. The van der Waals surface area contributed by atoms with Gasteiger partial charge in [-0.05, 0) is 63.8 Å². The second-order valence-electron chi connectivity index (χ2n) is 13.2. The Balaban J connectivity index is 1.13. The van der Waals surface area contributed by atoms with Crippen molar-refractivity contribution in [2.75, 3.05) is 86.4 Å². The van der Waals surface area contributed by atoms with Crippen molar-refractivity contribution in [2.45, 2.75) is 39.2 Å². The summed E-state index contributed by atoms with van der Waals surface area (Å²) in [5.74, 6) is 1.96. The van der Waals surface area contributed by atoms with E-state index in [0.29, 0.717) is 40.7 Å². The lowest BCUT2D eigenvalue weighted by atomic mass is 9.95. The van der Waals surface area contributed by atoms with Crippen molar-refractivity contribution >= 4 is 63.9 Å². The van der Waals surface area contributed by atoms with Gasteiger partial charge in [-0.15, -0.1) is 0 Å². The topological polar surface area (TPSA) is 115 Å². The first-order chi connectivity index (χ1) is 23.0. The Morgan fingerprint density at radius 1 is 1.02 bits per heavy atom. The third-order valence-electron chi connectivity index (χ3n) is 8.54. The van der Waals surface area contributed by atoms with Crippen molar-refractivity contribution in [3.8, 4) is 5.75 Å². The van der Waals surface area contributed by atoms with E-state index < -0.39 is 5.60 Å². The zero-order chi connectivity index (χ0) is 34.3. The van der Waals surface area contributed by atoms with Crippen molar-refractivity contribution in [3.05, 3.63) is 53.7 Å². The number of anilines is 6. The molecular weight excluding hydrogens is 652 g/mol. The number of para-hydroxylation sites is 2. The van der Waals surface area contributed by atoms with Gasteiger partial charge in [0.05, 0.1) is 36.9 Å². The van der Waals surface area contributed by atoms with Gasteiger partial charge in [-0.2, -0.15) is 4.98 Å². The Morgan fingerprint density at radius 3 is 2.42 bits per heavy atom. The Labute approximate surface area is 292 Å². The van der Waals surface area contributed by atoms with Gasteiger partial charge in [-0.25, -0.2) is 9.19 Å². The number of nitrogens with zero attached hydrogens (tertiary/aromatic N) is 6. The van der Waals surface area contributed by atoms with Crippen molar-refractivity contribution in [1.82, 2.24) is 19.8 Å². The summed E-state index contributed by atoms with van der Waals surface area (Å²) in [5, 5.41) is 6.86. The first kappa shape index (κ1) is 35.7. The van der Waals surface area contributed by atoms with E-state index in [0.717, 1.165) is 75.7 Å². The molecule has 2 N–H and O–H groups in total. The fourth-order valence-electron chi connectivity index (χ4n) is 6.07. The molecule has 0 spiro atoms. The van der Waals surface area contributed by atoms with E-state index in [1.54, 1.807) is 18.5 Å². The fraction of sp³-hybridized carbons (Fsp3) is 0.500. The average Bonchev–Trinajstić information content (AvgIpc) is 3.06. The van der Waals surface area contributed by atoms with Crippen molar-refractivity contribution < 1.29 is 18.5 Å². The summed E-state index contributed by atoms with van der Waals surface area (Å²) in [5.41, 5.74) is 2.84. The highest BCUT2D eigenvalue weighted by Crippen LogP contribution is 2.35. The summed E-state index contributed by atoms with van der Waals surface area (Å²) in [7, 11) is 3.38. The van der Waals surface area contributed by atoms with E-state index in [4.69, 9.17) is 21.1 Å². The smallest absolute Gasteiger partial charge is 0.320 e. The van der Waals surface area contributed by atoms with Gasteiger partial charge in [0.25, 0.3) is 0 Å². The number of thiol groups is 1. The molecule has 0 atom stereocenters. The number of esters is 1. The van der Waals surface area contributed by atoms with Crippen LogP contribution in [0.15, 0.2) is 48.7 Å². The highest BCUT2D eigenvalue weighted by molar-refractivity contribution is 7.67. The van der Waals surface area contributed by atoms with Crippen LogP contribution >= 0.6 is 11.6 Å². The minimum absolute atomic E-state index is 0.131. The summed E-state index contributed by atoms with van der Waals surface area (Å²) in [4.78, 5) is 28.3. The number of piperazine rings is 1. The van der Waals surface area contributed by atoms with E-state index in [-0.39, 0.29) is 17.8 Å². The summed E-state index contributed by atoms with van der Waals surface area (Å²) >= 11 is 6.31. The van der Waals surface area contributed by atoms with Gasteiger partial charge in [0.15, 0.2) is 5.82 Å². The maximum Gasteiger partial charge on any atom is 0.320 e. The Bertz CT molecular complexity index is 1560. The molecule has 1 aromatic heterocycles. The number of aromatic nitrogens is 2. The van der Waals surface area contributed by atoms with Crippen LogP contribution < -0.4 is 24.6 Å². The lowest BCUT2D eigenvalue weighted by Gasteiger charge is -2.39. The molecule has 2 aromatic carbocycles. The molecule has 0 amide bonds. The molecule has 48 heavy (non-hydrogen) atoms. The molecule has 3 aromatic rings. The molecule has 0 unspecified atom stereocenters. The van der Waals surface area contributed by atoms with Crippen LogP contribution in [0.25, 0.3) is 0 Å². The molecule has 2 saturated heterocycles. The Hall–Kier alpha value is -3.65. The summed E-state index contributed by atoms with van der Waals surface area (Å²) < 4.78 is 24.3. The number of nitrogens with one attached hydrogen (secondary N) is 2. The van der Waals surface area contributed by atoms with Crippen molar-refractivity contribution in [2.24, 2.45) is 5.92 Å². The van der Waals surface area contributed by atoms with Gasteiger partial charge in [-0.3, -0.25) is 14.0 Å². The number of piperidine rings is 1. The van der Waals surface area contributed by atoms with E-state index in [1.807, 2.05) is 51.1 Å². The summed E-state index contributed by atoms with van der Waals surface area (Å²) in [6.45, 7) is 12.9. The molecule has 0 bridgehead atoms. The Kier molecular flexibility index (Phi) is 12.0. The van der Waals surface area contributed by atoms with Gasteiger partial charge in [0.1, 0.15) is 28.2 Å². The summed E-state index contributed by atoms with van der Waals surface area (Å²) in [6.07, 6.45) is 3.79.